The molecule has 0 atom stereocenters. The molecule has 1 saturated carbocycles. The molecule has 3 aromatic carbocycles. The number of hydrogen-bond acceptors (Lipinski definition) is 15. The van der Waals surface area contributed by atoms with E-state index in [4.69, 9.17) is 28.1 Å². The summed E-state index contributed by atoms with van der Waals surface area (Å²) in [6, 6.07) is 16.4. The minimum atomic E-state index is -2.88. The fourth-order valence-corrected chi connectivity index (χ4v) is 5.48. The number of benzene rings is 3. The summed E-state index contributed by atoms with van der Waals surface area (Å²) in [6.45, 7) is 8.52. The van der Waals surface area contributed by atoms with Gasteiger partial charge >= 0.3 is 6.61 Å². The second kappa shape index (κ2) is 25.0. The quantitative estimate of drug-likeness (QED) is 0.0625. The lowest BCUT2D eigenvalue weighted by molar-refractivity contribution is -0.0515. The van der Waals surface area contributed by atoms with Crippen molar-refractivity contribution in [2.45, 2.75) is 72.9 Å². The van der Waals surface area contributed by atoms with E-state index in [0.29, 0.717) is 51.1 Å². The molecule has 62 heavy (non-hydrogen) atoms. The number of methoxy groups -OCH3 is 1. The van der Waals surface area contributed by atoms with Gasteiger partial charge in [0.05, 0.1) is 45.8 Å². The fraction of sp³-hybridized carbons (Fsp3) is 0.356. The van der Waals surface area contributed by atoms with Crippen molar-refractivity contribution in [3.8, 4) is 34.5 Å². The summed E-state index contributed by atoms with van der Waals surface area (Å²) in [7, 11) is 1.63. The number of halogens is 2. The van der Waals surface area contributed by atoms with Gasteiger partial charge in [0.25, 0.3) is 0 Å². The summed E-state index contributed by atoms with van der Waals surface area (Å²) >= 11 is 0. The molecule has 1 aliphatic rings. The van der Waals surface area contributed by atoms with Crippen LogP contribution in [0, 0.1) is 5.92 Å². The normalized spacial score (nSPS) is 11.6. The highest BCUT2D eigenvalue weighted by Gasteiger charge is 2.23. The van der Waals surface area contributed by atoms with Gasteiger partial charge in [0.2, 0.25) is 0 Å². The zero-order valence-electron chi connectivity index (χ0n) is 35.6. The molecule has 7 rings (SSSR count). The summed E-state index contributed by atoms with van der Waals surface area (Å²) in [5.74, 6) is 4.64. The number of anilines is 3. The van der Waals surface area contributed by atoms with E-state index in [1.54, 1.807) is 50.2 Å². The van der Waals surface area contributed by atoms with Crippen molar-refractivity contribution in [3.05, 3.63) is 122 Å². The highest BCUT2D eigenvalue weighted by atomic mass is 19.3. The van der Waals surface area contributed by atoms with Crippen molar-refractivity contribution in [3.63, 3.8) is 0 Å². The minimum Gasteiger partial charge on any atom is -0.493 e. The number of alkyl halides is 2. The highest BCUT2D eigenvalue weighted by Crippen LogP contribution is 2.36. The Morgan fingerprint density at radius 1 is 0.613 bits per heavy atom. The molecule has 1 aliphatic carbocycles. The lowest BCUT2D eigenvalue weighted by Gasteiger charge is -2.16. The zero-order chi connectivity index (χ0) is 43.9. The van der Waals surface area contributed by atoms with Crippen molar-refractivity contribution in [2.24, 2.45) is 5.92 Å². The first-order valence-corrected chi connectivity index (χ1v) is 20.3. The third-order valence-electron chi connectivity index (χ3n) is 8.57. The first-order valence-electron chi connectivity index (χ1n) is 20.3. The lowest BCUT2D eigenvalue weighted by Crippen LogP contribution is -2.08. The van der Waals surface area contributed by atoms with Gasteiger partial charge in [0.15, 0.2) is 40.9 Å². The number of rotatable bonds is 21. The Hall–Kier alpha value is -6.91. The third kappa shape index (κ3) is 16.3. The topological polar surface area (TPSA) is 169 Å². The van der Waals surface area contributed by atoms with Gasteiger partial charge in [-0.1, -0.05) is 0 Å². The van der Waals surface area contributed by atoms with Crippen LogP contribution in [-0.2, 0) is 19.6 Å². The summed E-state index contributed by atoms with van der Waals surface area (Å²) in [5.41, 5.74) is 4.60. The summed E-state index contributed by atoms with van der Waals surface area (Å²) < 4.78 is 62.4. The molecule has 0 aliphatic heterocycles. The van der Waals surface area contributed by atoms with Gasteiger partial charge in [-0.3, -0.25) is 0 Å². The van der Waals surface area contributed by atoms with E-state index < -0.39 is 6.61 Å². The fourth-order valence-electron chi connectivity index (χ4n) is 5.48. The summed E-state index contributed by atoms with van der Waals surface area (Å²) in [5, 5.41) is 9.73. The number of aromatic nitrogens is 5. The van der Waals surface area contributed by atoms with Crippen LogP contribution in [-0.4, -0.2) is 64.6 Å². The minimum absolute atomic E-state index is 0.0502. The van der Waals surface area contributed by atoms with Crippen molar-refractivity contribution < 1.29 is 41.6 Å². The lowest BCUT2D eigenvalue weighted by atomic mass is 10.2. The number of hydrogen-bond donors (Lipinski definition) is 3. The maximum absolute atomic E-state index is 12.5. The van der Waals surface area contributed by atoms with Crippen LogP contribution in [0.15, 0.2) is 109 Å². The molecule has 3 N–H and O–H groups in total. The van der Waals surface area contributed by atoms with Gasteiger partial charge in [-0.25, -0.2) is 24.9 Å². The summed E-state index contributed by atoms with van der Waals surface area (Å²) in [4.78, 5) is 19.7. The molecule has 0 amide bonds. The maximum atomic E-state index is 12.5. The SMILES string of the molecule is CCOc1ccc(NCc2cncnc2)cc1OC.CCOc1ccc(NCc2cnco2)cc1OC(C)C.FC(F)Oc1ccc(NCc2cncnc2)cc1OCC1CC1. The molecule has 3 heterocycles. The van der Waals surface area contributed by atoms with E-state index in [9.17, 15) is 8.78 Å². The summed E-state index contributed by atoms with van der Waals surface area (Å²) in [6.07, 6.45) is 15.4. The maximum Gasteiger partial charge on any atom is 0.387 e. The Labute approximate surface area is 360 Å². The van der Waals surface area contributed by atoms with Gasteiger partial charge in [0.1, 0.15) is 18.4 Å². The number of ether oxygens (including phenoxy) is 6. The van der Waals surface area contributed by atoms with Crippen molar-refractivity contribution in [2.75, 3.05) is 42.9 Å². The number of oxazole rings is 1. The van der Waals surface area contributed by atoms with Crippen LogP contribution in [0.3, 0.4) is 0 Å². The van der Waals surface area contributed by atoms with E-state index in [1.807, 2.05) is 64.1 Å². The average Bonchev–Trinajstić information content (AvgIpc) is 3.97. The molecule has 17 heteroatoms. The molecular formula is C45H54F2N8O7. The molecule has 1 fully saturated rings. The number of nitrogens with zero attached hydrogens (tertiary/aromatic N) is 5. The van der Waals surface area contributed by atoms with E-state index in [0.717, 1.165) is 69.8 Å². The van der Waals surface area contributed by atoms with E-state index >= 15 is 0 Å². The van der Waals surface area contributed by atoms with Crippen LogP contribution in [0.25, 0.3) is 0 Å². The van der Waals surface area contributed by atoms with Crippen LogP contribution < -0.4 is 44.4 Å². The molecule has 0 radical (unpaired) electrons. The Balaban J connectivity index is 0.000000177. The molecule has 0 bridgehead atoms. The second-order valence-electron chi connectivity index (χ2n) is 13.9. The Kier molecular flexibility index (Phi) is 18.6. The standard InChI is InChI=1S/C16H17F2N3O2.C15H20N2O3.C14H17N3O2/c17-16(18)23-14-4-3-13(5-15(14)22-9-11-1-2-11)21-8-12-6-19-10-20-7-12;1-4-18-14-6-5-12(7-15(14)20-11(2)3)17-9-13-8-16-10-19-13;1-3-19-13-5-4-12(6-14(13)18-2)17-9-11-7-15-10-16-8-11/h3-7,10-11,16,21H,1-2,8-9H2;5-8,10-11,17H,4,9H2,1-3H3;4-8,10,17H,3,9H2,1-2H3. The third-order valence-corrected chi connectivity index (χ3v) is 8.57. The molecule has 15 nitrogen and oxygen atoms in total. The van der Waals surface area contributed by atoms with Crippen LogP contribution in [0.2, 0.25) is 0 Å². The molecule has 0 spiro atoms. The van der Waals surface area contributed by atoms with Gasteiger partial charge in [-0.05, 0) is 82.9 Å². The molecule has 6 aromatic rings. The van der Waals surface area contributed by atoms with Crippen LogP contribution in [0.1, 0.15) is 57.4 Å². The van der Waals surface area contributed by atoms with Gasteiger partial charge in [-0.15, -0.1) is 0 Å². The van der Waals surface area contributed by atoms with Crippen molar-refractivity contribution >= 4 is 17.1 Å². The van der Waals surface area contributed by atoms with Crippen LogP contribution >= 0.6 is 0 Å². The smallest absolute Gasteiger partial charge is 0.387 e. The first kappa shape index (κ1) is 46.2. The molecular weight excluding hydrogens is 803 g/mol. The molecule has 330 valence electrons. The zero-order valence-corrected chi connectivity index (χ0v) is 35.6. The van der Waals surface area contributed by atoms with E-state index in [1.165, 1.54) is 25.1 Å². The predicted octanol–water partition coefficient (Wildman–Crippen LogP) is 9.45. The Morgan fingerprint density at radius 2 is 1.13 bits per heavy atom. The van der Waals surface area contributed by atoms with Gasteiger partial charge in [-0.2, -0.15) is 8.78 Å². The van der Waals surface area contributed by atoms with E-state index in [2.05, 4.69) is 45.6 Å². The average molecular weight is 857 g/mol. The molecule has 3 aromatic heterocycles. The number of nitrogens with one attached hydrogen (secondary N) is 3. The van der Waals surface area contributed by atoms with Gasteiger partial charge in [0, 0.05) is 84.3 Å². The second-order valence-corrected chi connectivity index (χ2v) is 13.9. The van der Waals surface area contributed by atoms with Crippen LogP contribution in [0.5, 0.6) is 34.5 Å². The van der Waals surface area contributed by atoms with E-state index in [-0.39, 0.29) is 11.9 Å². The van der Waals surface area contributed by atoms with Crippen LogP contribution in [0.4, 0.5) is 25.8 Å². The molecule has 0 saturated heterocycles. The Bertz CT molecular complexity index is 2170. The van der Waals surface area contributed by atoms with Crippen molar-refractivity contribution in [1.82, 2.24) is 24.9 Å². The Morgan fingerprint density at radius 3 is 1.61 bits per heavy atom. The van der Waals surface area contributed by atoms with Gasteiger partial charge < -0.3 is 48.8 Å². The largest absolute Gasteiger partial charge is 0.493 e. The molecule has 0 unspecified atom stereocenters. The monoisotopic (exact) mass is 856 g/mol. The predicted molar refractivity (Wildman–Crippen MR) is 231 cm³/mol. The highest BCUT2D eigenvalue weighted by molar-refractivity contribution is 5.56. The first-order chi connectivity index (χ1) is 30.2. The van der Waals surface area contributed by atoms with Crippen molar-refractivity contribution in [1.29, 1.82) is 0 Å².